The van der Waals surface area contributed by atoms with Crippen LogP contribution in [0.5, 0.6) is 5.75 Å². The molecule has 0 spiro atoms. The van der Waals surface area contributed by atoms with E-state index in [1.54, 1.807) is 12.1 Å². The van der Waals surface area contributed by atoms with Crippen molar-refractivity contribution in [3.63, 3.8) is 0 Å². The minimum absolute atomic E-state index is 0.221. The molecule has 9 heteroatoms. The van der Waals surface area contributed by atoms with Crippen LogP contribution in [0.4, 0.5) is 0 Å². The van der Waals surface area contributed by atoms with Crippen LogP contribution in [0.3, 0.4) is 0 Å². The predicted molar refractivity (Wildman–Crippen MR) is 128 cm³/mol. The van der Waals surface area contributed by atoms with Gasteiger partial charge in [-0.15, -0.1) is 0 Å². The van der Waals surface area contributed by atoms with E-state index >= 15 is 0 Å². The lowest BCUT2D eigenvalue weighted by atomic mass is 9.92. The normalized spacial score (nSPS) is 17.0. The van der Waals surface area contributed by atoms with Crippen LogP contribution in [0.25, 0.3) is 0 Å². The number of fused-ring (bicyclic) bond motifs is 1. The van der Waals surface area contributed by atoms with Gasteiger partial charge < -0.3 is 4.74 Å². The maximum absolute atomic E-state index is 13.1. The van der Waals surface area contributed by atoms with Crippen LogP contribution in [0.2, 0.25) is 0 Å². The van der Waals surface area contributed by atoms with Crippen molar-refractivity contribution in [1.82, 2.24) is 15.2 Å². The van der Waals surface area contributed by atoms with Gasteiger partial charge in [-0.05, 0) is 86.4 Å². The largest absolute Gasteiger partial charge is 0.484 e. The number of amides is 2. The van der Waals surface area contributed by atoms with E-state index in [0.29, 0.717) is 23.5 Å². The first-order valence-electron chi connectivity index (χ1n) is 11.7. The van der Waals surface area contributed by atoms with Gasteiger partial charge in [-0.1, -0.05) is 18.2 Å². The number of aryl methyl sites for hydroxylation is 3. The van der Waals surface area contributed by atoms with E-state index in [9.17, 15) is 18.0 Å². The molecule has 1 saturated heterocycles. The molecule has 0 unspecified atom stereocenters. The molecule has 2 amide bonds. The average Bonchev–Trinajstić information content (AvgIpc) is 2.86. The van der Waals surface area contributed by atoms with E-state index in [0.717, 1.165) is 36.8 Å². The molecule has 0 radical (unpaired) electrons. The van der Waals surface area contributed by atoms with E-state index in [-0.39, 0.29) is 31.5 Å². The number of carbonyl (C=O) groups is 2. The van der Waals surface area contributed by atoms with Crippen LogP contribution in [0, 0.1) is 12.8 Å². The summed E-state index contributed by atoms with van der Waals surface area (Å²) in [7, 11) is -3.59. The Morgan fingerprint density at radius 3 is 2.47 bits per heavy atom. The lowest BCUT2D eigenvalue weighted by molar-refractivity contribution is -0.132. The van der Waals surface area contributed by atoms with Gasteiger partial charge in [0.2, 0.25) is 15.9 Å². The molecule has 1 aliphatic carbocycles. The molecular formula is C25H31N3O5S. The molecule has 4 rings (SSSR count). The molecule has 1 aliphatic heterocycles. The molecule has 0 saturated carbocycles. The highest BCUT2D eigenvalue weighted by Gasteiger charge is 2.32. The Morgan fingerprint density at radius 2 is 1.74 bits per heavy atom. The van der Waals surface area contributed by atoms with E-state index in [2.05, 4.69) is 10.9 Å². The number of piperidine rings is 1. The van der Waals surface area contributed by atoms with Gasteiger partial charge >= 0.3 is 0 Å². The molecule has 0 atom stereocenters. The van der Waals surface area contributed by atoms with E-state index in [4.69, 9.17) is 4.74 Å². The molecule has 34 heavy (non-hydrogen) atoms. The number of ether oxygens (including phenoxy) is 1. The Bertz CT molecular complexity index is 1160. The number of rotatable bonds is 6. The number of carbonyl (C=O) groups excluding carboxylic acids is 2. The second kappa shape index (κ2) is 10.6. The first-order chi connectivity index (χ1) is 16.3. The number of nitrogens with zero attached hydrogens (tertiary/aromatic N) is 1. The minimum atomic E-state index is -3.59. The van der Waals surface area contributed by atoms with Crippen molar-refractivity contribution in [3.05, 3.63) is 59.2 Å². The molecule has 1 fully saturated rings. The van der Waals surface area contributed by atoms with Gasteiger partial charge in [-0.25, -0.2) is 8.42 Å². The van der Waals surface area contributed by atoms with Crippen molar-refractivity contribution in [2.75, 3.05) is 19.7 Å². The topological polar surface area (TPSA) is 105 Å². The second-order valence-electron chi connectivity index (χ2n) is 8.96. The smallest absolute Gasteiger partial charge is 0.276 e. The molecule has 0 bridgehead atoms. The molecule has 8 nitrogen and oxygen atoms in total. The number of hydrogen-bond donors (Lipinski definition) is 2. The van der Waals surface area contributed by atoms with Crippen LogP contribution in [0.15, 0.2) is 47.4 Å². The molecule has 0 aromatic heterocycles. The third-order valence-corrected chi connectivity index (χ3v) is 8.36. The fourth-order valence-corrected chi connectivity index (χ4v) is 6.02. The van der Waals surface area contributed by atoms with Crippen molar-refractivity contribution >= 4 is 21.8 Å². The summed E-state index contributed by atoms with van der Waals surface area (Å²) in [5, 5.41) is 0. The zero-order valence-electron chi connectivity index (χ0n) is 19.4. The number of sulfonamides is 1. The average molecular weight is 486 g/mol. The van der Waals surface area contributed by atoms with Crippen LogP contribution >= 0.6 is 0 Å². The lowest BCUT2D eigenvalue weighted by Crippen LogP contribution is -2.49. The van der Waals surface area contributed by atoms with Gasteiger partial charge in [0.05, 0.1) is 4.90 Å². The van der Waals surface area contributed by atoms with Crippen LogP contribution in [-0.2, 0) is 32.5 Å². The number of nitrogens with one attached hydrogen (secondary N) is 2. The van der Waals surface area contributed by atoms with Gasteiger partial charge in [0, 0.05) is 19.0 Å². The van der Waals surface area contributed by atoms with Crippen molar-refractivity contribution in [2.45, 2.75) is 50.3 Å². The Balaban J connectivity index is 1.24. The van der Waals surface area contributed by atoms with Gasteiger partial charge in [0.15, 0.2) is 6.61 Å². The molecule has 2 aromatic carbocycles. The predicted octanol–water partition coefficient (Wildman–Crippen LogP) is 2.50. The van der Waals surface area contributed by atoms with Crippen molar-refractivity contribution in [3.8, 4) is 5.75 Å². The summed E-state index contributed by atoms with van der Waals surface area (Å²) in [4.78, 5) is 24.8. The highest BCUT2D eigenvalue weighted by molar-refractivity contribution is 7.89. The summed E-state index contributed by atoms with van der Waals surface area (Å²) in [6.07, 6.45) is 4.95. The minimum Gasteiger partial charge on any atom is -0.484 e. The first-order valence-corrected chi connectivity index (χ1v) is 13.2. The second-order valence-corrected chi connectivity index (χ2v) is 10.9. The molecular weight excluding hydrogens is 454 g/mol. The zero-order chi connectivity index (χ0) is 24.1. The van der Waals surface area contributed by atoms with E-state index in [1.807, 2.05) is 37.3 Å². The molecule has 2 N–H and O–H groups in total. The van der Waals surface area contributed by atoms with E-state index in [1.165, 1.54) is 9.87 Å². The van der Waals surface area contributed by atoms with Gasteiger partial charge in [0.1, 0.15) is 5.75 Å². The maximum Gasteiger partial charge on any atom is 0.276 e. The van der Waals surface area contributed by atoms with Gasteiger partial charge in [-0.2, -0.15) is 4.31 Å². The quantitative estimate of drug-likeness (QED) is 0.612. The van der Waals surface area contributed by atoms with E-state index < -0.39 is 15.9 Å². The summed E-state index contributed by atoms with van der Waals surface area (Å²) in [6, 6.07) is 12.8. The van der Waals surface area contributed by atoms with Crippen LogP contribution < -0.4 is 15.6 Å². The van der Waals surface area contributed by atoms with Crippen molar-refractivity contribution in [2.24, 2.45) is 5.92 Å². The number of benzene rings is 2. The lowest BCUT2D eigenvalue weighted by Gasteiger charge is -2.30. The SMILES string of the molecule is Cc1cccc(OCC(=O)NNC(=O)C2CCN(S(=O)(=O)c3ccc4c(c3)CCCC4)CC2)c1. The maximum atomic E-state index is 13.1. The van der Waals surface area contributed by atoms with Crippen LogP contribution in [-0.4, -0.2) is 44.2 Å². The fourth-order valence-electron chi connectivity index (χ4n) is 4.50. The first kappa shape index (κ1) is 24.2. The summed E-state index contributed by atoms with van der Waals surface area (Å²) in [5.41, 5.74) is 8.19. The summed E-state index contributed by atoms with van der Waals surface area (Å²) < 4.78 is 33.1. The summed E-state index contributed by atoms with van der Waals surface area (Å²) in [5.74, 6) is -0.584. The Labute approximate surface area is 200 Å². The fraction of sp³-hybridized carbons (Fsp3) is 0.440. The standard InChI is InChI=1S/C25H31N3O5S/c1-18-5-4-8-22(15-18)33-17-24(29)26-27-25(30)20-11-13-28(14-12-20)34(31,32)23-10-9-19-6-2-3-7-21(19)16-23/h4-5,8-10,15-16,20H,2-3,6-7,11-14,17H2,1H3,(H,26,29)(H,27,30). The Morgan fingerprint density at radius 1 is 1.00 bits per heavy atom. The molecule has 2 aliphatic rings. The Hall–Kier alpha value is -2.91. The summed E-state index contributed by atoms with van der Waals surface area (Å²) in [6.45, 7) is 2.24. The molecule has 182 valence electrons. The van der Waals surface area contributed by atoms with Crippen molar-refractivity contribution in [1.29, 1.82) is 0 Å². The number of hydrazine groups is 1. The highest BCUT2D eigenvalue weighted by atomic mass is 32.2. The van der Waals surface area contributed by atoms with Gasteiger partial charge in [-0.3, -0.25) is 20.4 Å². The Kier molecular flexibility index (Phi) is 7.53. The zero-order valence-corrected chi connectivity index (χ0v) is 20.2. The van der Waals surface area contributed by atoms with Crippen LogP contribution in [0.1, 0.15) is 42.4 Å². The van der Waals surface area contributed by atoms with Crippen molar-refractivity contribution < 1.29 is 22.7 Å². The third-order valence-electron chi connectivity index (χ3n) is 6.47. The number of hydrogen-bond acceptors (Lipinski definition) is 5. The molecule has 2 aromatic rings. The molecule has 1 heterocycles. The summed E-state index contributed by atoms with van der Waals surface area (Å²) >= 11 is 0. The monoisotopic (exact) mass is 485 g/mol. The van der Waals surface area contributed by atoms with Gasteiger partial charge in [0.25, 0.3) is 5.91 Å². The third kappa shape index (κ3) is 5.77. The highest BCUT2D eigenvalue weighted by Crippen LogP contribution is 2.28.